The first kappa shape index (κ1) is 14.9. The van der Waals surface area contributed by atoms with E-state index in [4.69, 9.17) is 5.73 Å². The Kier molecular flexibility index (Phi) is 4.39. The van der Waals surface area contributed by atoms with Crippen molar-refractivity contribution in [2.24, 2.45) is 0 Å². The molecule has 0 aromatic heterocycles. The summed E-state index contributed by atoms with van der Waals surface area (Å²) in [6.45, 7) is 7.37. The summed E-state index contributed by atoms with van der Waals surface area (Å²) in [6.07, 6.45) is 0. The number of halogens is 1. The number of nitrogens with one attached hydrogen (secondary N) is 1. The molecule has 0 spiro atoms. The molecule has 0 heterocycles. The average molecular weight is 333 g/mol. The quantitative estimate of drug-likeness (QED) is 0.794. The van der Waals surface area contributed by atoms with E-state index in [9.17, 15) is 0 Å². The highest BCUT2D eigenvalue weighted by Gasteiger charge is 2.21. The van der Waals surface area contributed by atoms with E-state index in [1.807, 2.05) is 18.2 Å². The molecule has 0 aliphatic carbocycles. The molecule has 0 radical (unpaired) electrons. The van der Waals surface area contributed by atoms with Gasteiger partial charge in [0.1, 0.15) is 0 Å². The van der Waals surface area contributed by atoms with Gasteiger partial charge in [-0.3, -0.25) is 0 Å². The standard InChI is InChI=1S/C17H21BrN2/c1-12-6-4-9-15(19)16(12)20-11-17(2,3)13-7-5-8-14(18)10-13/h4-10,20H,11,19H2,1-3H3. The van der Waals surface area contributed by atoms with Crippen LogP contribution in [-0.4, -0.2) is 6.54 Å². The predicted molar refractivity (Wildman–Crippen MR) is 91.2 cm³/mol. The van der Waals surface area contributed by atoms with Crippen LogP contribution >= 0.6 is 15.9 Å². The molecule has 0 unspecified atom stereocenters. The number of hydrogen-bond acceptors (Lipinski definition) is 2. The van der Waals surface area contributed by atoms with Gasteiger partial charge >= 0.3 is 0 Å². The molecule has 20 heavy (non-hydrogen) atoms. The van der Waals surface area contributed by atoms with Crippen LogP contribution in [0.1, 0.15) is 25.0 Å². The zero-order valence-electron chi connectivity index (χ0n) is 12.2. The van der Waals surface area contributed by atoms with Crippen molar-refractivity contribution in [3.63, 3.8) is 0 Å². The lowest BCUT2D eigenvalue weighted by Crippen LogP contribution is -2.28. The van der Waals surface area contributed by atoms with Gasteiger partial charge in [-0.25, -0.2) is 0 Å². The number of nitrogen functional groups attached to an aromatic ring is 1. The number of anilines is 2. The van der Waals surface area contributed by atoms with Gasteiger partial charge in [0, 0.05) is 16.4 Å². The van der Waals surface area contributed by atoms with E-state index < -0.39 is 0 Å². The third kappa shape index (κ3) is 3.34. The largest absolute Gasteiger partial charge is 0.397 e. The van der Waals surface area contributed by atoms with Crippen LogP contribution in [0.3, 0.4) is 0 Å². The maximum Gasteiger partial charge on any atom is 0.0603 e. The Morgan fingerprint density at radius 3 is 2.50 bits per heavy atom. The molecule has 0 fully saturated rings. The lowest BCUT2D eigenvalue weighted by Gasteiger charge is -2.27. The van der Waals surface area contributed by atoms with Crippen molar-refractivity contribution in [1.29, 1.82) is 0 Å². The monoisotopic (exact) mass is 332 g/mol. The van der Waals surface area contributed by atoms with E-state index in [0.717, 1.165) is 22.4 Å². The van der Waals surface area contributed by atoms with Gasteiger partial charge in [0.05, 0.1) is 11.4 Å². The van der Waals surface area contributed by atoms with Crippen molar-refractivity contribution in [1.82, 2.24) is 0 Å². The Bertz CT molecular complexity index is 585. The number of nitrogens with two attached hydrogens (primary N) is 1. The van der Waals surface area contributed by atoms with E-state index in [-0.39, 0.29) is 5.41 Å². The minimum Gasteiger partial charge on any atom is -0.397 e. The summed E-state index contributed by atoms with van der Waals surface area (Å²) in [7, 11) is 0. The minimum absolute atomic E-state index is 0.0263. The van der Waals surface area contributed by atoms with Gasteiger partial charge in [0.15, 0.2) is 0 Å². The summed E-state index contributed by atoms with van der Waals surface area (Å²) in [5.74, 6) is 0. The lowest BCUT2D eigenvalue weighted by molar-refractivity contribution is 0.557. The molecule has 0 saturated carbocycles. The number of benzene rings is 2. The highest BCUT2D eigenvalue weighted by molar-refractivity contribution is 9.10. The van der Waals surface area contributed by atoms with Gasteiger partial charge in [-0.15, -0.1) is 0 Å². The Balaban J connectivity index is 2.17. The SMILES string of the molecule is Cc1cccc(N)c1NCC(C)(C)c1cccc(Br)c1. The van der Waals surface area contributed by atoms with Crippen molar-refractivity contribution < 1.29 is 0 Å². The van der Waals surface area contributed by atoms with Crippen LogP contribution in [0.15, 0.2) is 46.9 Å². The fourth-order valence-corrected chi connectivity index (χ4v) is 2.65. The van der Waals surface area contributed by atoms with Gasteiger partial charge in [0.2, 0.25) is 0 Å². The Morgan fingerprint density at radius 2 is 1.85 bits per heavy atom. The van der Waals surface area contributed by atoms with Crippen LogP contribution in [0.25, 0.3) is 0 Å². The predicted octanol–water partition coefficient (Wildman–Crippen LogP) is 4.73. The molecule has 2 aromatic carbocycles. The number of rotatable bonds is 4. The van der Waals surface area contributed by atoms with E-state index in [1.165, 1.54) is 11.1 Å². The second-order valence-electron chi connectivity index (χ2n) is 5.79. The maximum atomic E-state index is 6.04. The smallest absolute Gasteiger partial charge is 0.0603 e. The fourth-order valence-electron chi connectivity index (χ4n) is 2.25. The molecule has 2 aromatic rings. The topological polar surface area (TPSA) is 38.0 Å². The van der Waals surface area contributed by atoms with Crippen LogP contribution in [0, 0.1) is 6.92 Å². The molecule has 3 N–H and O–H groups in total. The number of hydrogen-bond donors (Lipinski definition) is 2. The first-order chi connectivity index (χ1) is 9.40. The molecule has 3 heteroatoms. The van der Waals surface area contributed by atoms with E-state index in [0.29, 0.717) is 0 Å². The number of para-hydroxylation sites is 1. The highest BCUT2D eigenvalue weighted by Crippen LogP contribution is 2.28. The molecule has 0 atom stereocenters. The van der Waals surface area contributed by atoms with Crippen molar-refractivity contribution in [2.75, 3.05) is 17.6 Å². The van der Waals surface area contributed by atoms with Gasteiger partial charge in [0.25, 0.3) is 0 Å². The first-order valence-electron chi connectivity index (χ1n) is 6.75. The van der Waals surface area contributed by atoms with Crippen LogP contribution in [0.4, 0.5) is 11.4 Å². The zero-order chi connectivity index (χ0) is 14.8. The summed E-state index contributed by atoms with van der Waals surface area (Å²) in [5, 5.41) is 3.50. The zero-order valence-corrected chi connectivity index (χ0v) is 13.8. The average Bonchev–Trinajstić information content (AvgIpc) is 2.38. The number of aryl methyl sites for hydroxylation is 1. The Labute approximate surface area is 129 Å². The van der Waals surface area contributed by atoms with Gasteiger partial charge in [-0.2, -0.15) is 0 Å². The van der Waals surface area contributed by atoms with E-state index >= 15 is 0 Å². The van der Waals surface area contributed by atoms with Crippen molar-refractivity contribution in [3.8, 4) is 0 Å². The molecular weight excluding hydrogens is 312 g/mol. The maximum absolute atomic E-state index is 6.04. The molecule has 0 saturated heterocycles. The van der Waals surface area contributed by atoms with Crippen molar-refractivity contribution >= 4 is 27.3 Å². The lowest BCUT2D eigenvalue weighted by atomic mass is 9.84. The highest BCUT2D eigenvalue weighted by atomic mass is 79.9. The van der Waals surface area contributed by atoms with Gasteiger partial charge in [-0.05, 0) is 36.2 Å². The van der Waals surface area contributed by atoms with Crippen LogP contribution in [0.5, 0.6) is 0 Å². The summed E-state index contributed by atoms with van der Waals surface area (Å²) >= 11 is 3.53. The Hall–Kier alpha value is -1.48. The normalized spacial score (nSPS) is 11.4. The molecule has 0 aliphatic heterocycles. The second kappa shape index (κ2) is 5.88. The molecule has 0 aliphatic rings. The fraction of sp³-hybridized carbons (Fsp3) is 0.294. The van der Waals surface area contributed by atoms with E-state index in [1.54, 1.807) is 0 Å². The summed E-state index contributed by atoms with van der Waals surface area (Å²) in [5.41, 5.74) is 10.4. The third-order valence-corrected chi connectivity index (χ3v) is 4.11. The minimum atomic E-state index is 0.0263. The molecule has 0 amide bonds. The molecule has 0 bridgehead atoms. The molecule has 106 valence electrons. The van der Waals surface area contributed by atoms with Crippen LogP contribution < -0.4 is 11.1 Å². The third-order valence-electron chi connectivity index (χ3n) is 3.62. The van der Waals surface area contributed by atoms with Crippen molar-refractivity contribution in [2.45, 2.75) is 26.2 Å². The second-order valence-corrected chi connectivity index (χ2v) is 6.70. The van der Waals surface area contributed by atoms with Gasteiger partial charge < -0.3 is 11.1 Å². The first-order valence-corrected chi connectivity index (χ1v) is 7.54. The van der Waals surface area contributed by atoms with Crippen LogP contribution in [0.2, 0.25) is 0 Å². The summed E-state index contributed by atoms with van der Waals surface area (Å²) < 4.78 is 1.11. The van der Waals surface area contributed by atoms with E-state index in [2.05, 4.69) is 66.3 Å². The van der Waals surface area contributed by atoms with Crippen LogP contribution in [-0.2, 0) is 5.41 Å². The summed E-state index contributed by atoms with van der Waals surface area (Å²) in [6, 6.07) is 14.4. The van der Waals surface area contributed by atoms with Gasteiger partial charge in [-0.1, -0.05) is 54.0 Å². The summed E-state index contributed by atoms with van der Waals surface area (Å²) in [4.78, 5) is 0. The molecule has 2 rings (SSSR count). The Morgan fingerprint density at radius 1 is 1.15 bits per heavy atom. The van der Waals surface area contributed by atoms with Crippen molar-refractivity contribution in [3.05, 3.63) is 58.1 Å². The molecular formula is C17H21BrN2. The molecule has 2 nitrogen and oxygen atoms in total.